The third-order valence-electron chi connectivity index (χ3n) is 6.52. The second kappa shape index (κ2) is 11.7. The van der Waals surface area contributed by atoms with E-state index in [1.165, 1.54) is 41.7 Å². The zero-order valence-electron chi connectivity index (χ0n) is 22.0. The molecule has 0 spiro atoms. The van der Waals surface area contributed by atoms with Crippen molar-refractivity contribution in [1.29, 1.82) is 0 Å². The first-order chi connectivity index (χ1) is 18.6. The van der Waals surface area contributed by atoms with Crippen molar-refractivity contribution in [1.82, 2.24) is 4.31 Å². The molecule has 0 aliphatic carbocycles. The van der Waals surface area contributed by atoms with Gasteiger partial charge in [0.15, 0.2) is 0 Å². The Morgan fingerprint density at radius 3 is 2.31 bits per heavy atom. The van der Waals surface area contributed by atoms with Crippen LogP contribution in [0, 0.1) is 13.8 Å². The molecule has 0 bridgehead atoms. The van der Waals surface area contributed by atoms with Crippen molar-refractivity contribution in [3.63, 3.8) is 0 Å². The third-order valence-corrected chi connectivity index (χ3v) is 10.2. The minimum Gasteiger partial charge on any atom is -0.495 e. The number of rotatable bonds is 9. The summed E-state index contributed by atoms with van der Waals surface area (Å²) in [7, 11) is -6.56. The van der Waals surface area contributed by atoms with Crippen LogP contribution in [0.25, 0.3) is 0 Å². The molecular weight excluding hydrogens is 542 g/mol. The van der Waals surface area contributed by atoms with Crippen LogP contribution in [0.1, 0.15) is 11.1 Å². The molecule has 0 unspecified atom stereocenters. The maximum Gasteiger partial charge on any atom is 0.264 e. The molecule has 0 atom stereocenters. The molecule has 1 N–H and O–H groups in total. The zero-order valence-corrected chi connectivity index (χ0v) is 23.6. The zero-order chi connectivity index (χ0) is 28.2. The minimum absolute atomic E-state index is 0.0243. The Balaban J connectivity index is 1.68. The van der Waals surface area contributed by atoms with Crippen molar-refractivity contribution in [3.05, 3.63) is 77.9 Å². The van der Waals surface area contributed by atoms with Gasteiger partial charge in [0.1, 0.15) is 12.3 Å². The van der Waals surface area contributed by atoms with Gasteiger partial charge in [-0.2, -0.15) is 4.31 Å². The normalized spacial score (nSPS) is 14.5. The Kier molecular flexibility index (Phi) is 8.60. The van der Waals surface area contributed by atoms with Crippen LogP contribution >= 0.6 is 0 Å². The summed E-state index contributed by atoms with van der Waals surface area (Å²) in [6.45, 7) is 4.13. The van der Waals surface area contributed by atoms with Crippen LogP contribution < -0.4 is 14.4 Å². The first-order valence-corrected chi connectivity index (χ1v) is 15.1. The summed E-state index contributed by atoms with van der Waals surface area (Å²) in [6.07, 6.45) is 0. The standard InChI is InChI=1S/C27H31N3O7S2/c1-20-8-7-11-25(21(20)2)30(39(34,35)22-9-5-4-6-10-22)19-27(31)28-24-18-23(12-13-26(24)36-3)38(32,33)29-14-16-37-17-15-29/h4-13,18H,14-17,19H2,1-3H3,(H,28,31). The van der Waals surface area contributed by atoms with E-state index >= 15 is 0 Å². The quantitative estimate of drug-likeness (QED) is 0.417. The molecule has 1 heterocycles. The number of sulfonamides is 2. The van der Waals surface area contributed by atoms with E-state index in [2.05, 4.69) is 5.32 Å². The molecule has 0 saturated carbocycles. The number of morpholine rings is 1. The molecule has 12 heteroatoms. The number of nitrogens with one attached hydrogen (secondary N) is 1. The fourth-order valence-corrected chi connectivity index (χ4v) is 7.16. The second-order valence-corrected chi connectivity index (χ2v) is 12.8. The summed E-state index contributed by atoms with van der Waals surface area (Å²) in [5.74, 6) is -0.442. The van der Waals surface area contributed by atoms with Crippen molar-refractivity contribution in [2.75, 3.05) is 49.6 Å². The molecule has 10 nitrogen and oxygen atoms in total. The average Bonchev–Trinajstić information content (AvgIpc) is 2.94. The molecule has 1 fully saturated rings. The molecule has 0 aromatic heterocycles. The summed E-state index contributed by atoms with van der Waals surface area (Å²) in [5.41, 5.74) is 2.05. The highest BCUT2D eigenvalue weighted by Gasteiger charge is 2.30. The SMILES string of the molecule is COc1ccc(S(=O)(=O)N2CCOCC2)cc1NC(=O)CN(c1cccc(C)c1C)S(=O)(=O)c1ccccc1. The molecule has 3 aromatic rings. The van der Waals surface area contributed by atoms with Crippen molar-refractivity contribution in [2.24, 2.45) is 0 Å². The number of carbonyl (C=O) groups excluding carboxylic acids is 1. The first kappa shape index (κ1) is 28.6. The van der Waals surface area contributed by atoms with Gasteiger partial charge in [0.2, 0.25) is 15.9 Å². The van der Waals surface area contributed by atoms with Gasteiger partial charge in [0.05, 0.1) is 41.5 Å². The fourth-order valence-electron chi connectivity index (χ4n) is 4.23. The Bertz CT molecular complexity index is 1550. The Morgan fingerprint density at radius 2 is 1.64 bits per heavy atom. The van der Waals surface area contributed by atoms with Crippen LogP contribution in [0.3, 0.4) is 0 Å². The molecule has 4 rings (SSSR count). The lowest BCUT2D eigenvalue weighted by Gasteiger charge is -2.27. The summed E-state index contributed by atoms with van der Waals surface area (Å²) >= 11 is 0. The van der Waals surface area contributed by atoms with E-state index in [1.54, 1.807) is 37.3 Å². The predicted molar refractivity (Wildman–Crippen MR) is 148 cm³/mol. The van der Waals surface area contributed by atoms with E-state index in [4.69, 9.17) is 9.47 Å². The number of ether oxygens (including phenoxy) is 2. The average molecular weight is 574 g/mol. The highest BCUT2D eigenvalue weighted by Crippen LogP contribution is 2.31. The van der Waals surface area contributed by atoms with Crippen molar-refractivity contribution in [3.8, 4) is 5.75 Å². The lowest BCUT2D eigenvalue weighted by Crippen LogP contribution is -2.40. The molecule has 1 aliphatic rings. The molecule has 208 valence electrons. The van der Waals surface area contributed by atoms with Gasteiger partial charge in [-0.1, -0.05) is 30.3 Å². The number of aryl methyl sites for hydroxylation is 1. The van der Waals surface area contributed by atoms with Gasteiger partial charge < -0.3 is 14.8 Å². The van der Waals surface area contributed by atoms with E-state index in [0.29, 0.717) is 24.5 Å². The number of anilines is 2. The van der Waals surface area contributed by atoms with Gasteiger partial charge in [0.25, 0.3) is 10.0 Å². The monoisotopic (exact) mass is 573 g/mol. The van der Waals surface area contributed by atoms with E-state index in [1.807, 2.05) is 13.0 Å². The van der Waals surface area contributed by atoms with E-state index < -0.39 is 32.5 Å². The van der Waals surface area contributed by atoms with Crippen molar-refractivity contribution in [2.45, 2.75) is 23.6 Å². The van der Waals surface area contributed by atoms with Crippen molar-refractivity contribution >= 4 is 37.3 Å². The maximum atomic E-state index is 13.7. The number of hydrogen-bond acceptors (Lipinski definition) is 7. The van der Waals surface area contributed by atoms with Gasteiger partial charge in [0, 0.05) is 13.1 Å². The summed E-state index contributed by atoms with van der Waals surface area (Å²) in [5, 5.41) is 2.66. The molecule has 3 aromatic carbocycles. The topological polar surface area (TPSA) is 122 Å². The van der Waals surface area contributed by atoms with Gasteiger partial charge in [-0.05, 0) is 61.4 Å². The largest absolute Gasteiger partial charge is 0.495 e. The third kappa shape index (κ3) is 6.09. The molecular formula is C27H31N3O7S2. The highest BCUT2D eigenvalue weighted by atomic mass is 32.2. The van der Waals surface area contributed by atoms with Gasteiger partial charge in [-0.25, -0.2) is 16.8 Å². The fraction of sp³-hybridized carbons (Fsp3) is 0.296. The van der Waals surface area contributed by atoms with Crippen LogP contribution in [-0.2, 0) is 29.6 Å². The first-order valence-electron chi connectivity index (χ1n) is 12.3. The number of hydrogen-bond donors (Lipinski definition) is 1. The maximum absolute atomic E-state index is 13.7. The Hall–Kier alpha value is -3.45. The molecule has 0 radical (unpaired) electrons. The summed E-state index contributed by atoms with van der Waals surface area (Å²) in [6, 6.07) is 17.3. The lowest BCUT2D eigenvalue weighted by atomic mass is 10.1. The van der Waals surface area contributed by atoms with E-state index in [-0.39, 0.29) is 34.3 Å². The number of methoxy groups -OCH3 is 1. The van der Waals surface area contributed by atoms with Gasteiger partial charge in [-0.15, -0.1) is 0 Å². The summed E-state index contributed by atoms with van der Waals surface area (Å²) in [4.78, 5) is 13.4. The van der Waals surface area contributed by atoms with E-state index in [9.17, 15) is 21.6 Å². The Morgan fingerprint density at radius 1 is 0.949 bits per heavy atom. The van der Waals surface area contributed by atoms with Crippen molar-refractivity contribution < 1.29 is 31.1 Å². The molecule has 1 saturated heterocycles. The number of amides is 1. The lowest BCUT2D eigenvalue weighted by molar-refractivity contribution is -0.114. The van der Waals surface area contributed by atoms with Gasteiger partial charge >= 0.3 is 0 Å². The van der Waals surface area contributed by atoms with Crippen LogP contribution in [0.15, 0.2) is 76.5 Å². The van der Waals surface area contributed by atoms with Crippen LogP contribution in [-0.4, -0.2) is 67.0 Å². The number of nitrogens with zero attached hydrogens (tertiary/aromatic N) is 2. The predicted octanol–water partition coefficient (Wildman–Crippen LogP) is 3.17. The summed E-state index contributed by atoms with van der Waals surface area (Å²) < 4.78 is 66.7. The van der Waals surface area contributed by atoms with Gasteiger partial charge in [-0.3, -0.25) is 9.10 Å². The molecule has 1 aliphatic heterocycles. The second-order valence-electron chi connectivity index (χ2n) is 8.97. The van der Waals surface area contributed by atoms with E-state index in [0.717, 1.165) is 9.87 Å². The molecule has 1 amide bonds. The molecule has 39 heavy (non-hydrogen) atoms. The Labute approximate surface area is 229 Å². The number of benzene rings is 3. The van der Waals surface area contributed by atoms with Crippen LogP contribution in [0.5, 0.6) is 5.75 Å². The minimum atomic E-state index is -4.12. The van der Waals surface area contributed by atoms with Crippen LogP contribution in [0.4, 0.5) is 11.4 Å². The smallest absolute Gasteiger partial charge is 0.264 e. The van der Waals surface area contributed by atoms with Crippen LogP contribution in [0.2, 0.25) is 0 Å². The number of carbonyl (C=O) groups is 1. The highest BCUT2D eigenvalue weighted by molar-refractivity contribution is 7.92.